The van der Waals surface area contributed by atoms with Crippen molar-refractivity contribution in [2.75, 3.05) is 13.2 Å². The Morgan fingerprint density at radius 3 is 2.85 bits per heavy atom. The second-order valence-electron chi connectivity index (χ2n) is 7.11. The summed E-state index contributed by atoms with van der Waals surface area (Å²) in [5.41, 5.74) is 1.59. The molecule has 1 aliphatic heterocycles. The van der Waals surface area contributed by atoms with Crippen LogP contribution in [0.25, 0.3) is 6.08 Å². The minimum atomic E-state index is -0.566. The maximum absolute atomic E-state index is 13.5. The predicted octanol–water partition coefficient (Wildman–Crippen LogP) is 4.19. The maximum Gasteiger partial charge on any atom is 0.338 e. The Bertz CT molecular complexity index is 1420. The summed E-state index contributed by atoms with van der Waals surface area (Å²) in [6.45, 7) is 7.85. The normalized spacial score (nSPS) is 15.7. The predicted molar refractivity (Wildman–Crippen MR) is 135 cm³/mol. The number of esters is 1. The largest absolute Gasteiger partial charge is 0.488 e. The quantitative estimate of drug-likeness (QED) is 0.330. The van der Waals surface area contributed by atoms with Crippen LogP contribution in [-0.2, 0) is 9.53 Å². The second-order valence-corrected chi connectivity index (χ2v) is 9.95. The number of ether oxygens (including phenoxy) is 2. The lowest BCUT2D eigenvalue weighted by atomic mass is 10.0. The number of fused-ring (bicyclic) bond motifs is 1. The van der Waals surface area contributed by atoms with Gasteiger partial charge in [-0.3, -0.25) is 9.36 Å². The second kappa shape index (κ2) is 10.0. The molecule has 0 saturated carbocycles. The van der Waals surface area contributed by atoms with Crippen LogP contribution in [0.15, 0.2) is 73.9 Å². The summed E-state index contributed by atoms with van der Waals surface area (Å²) in [6.07, 6.45) is 3.50. The van der Waals surface area contributed by atoms with E-state index < -0.39 is 12.0 Å². The van der Waals surface area contributed by atoms with Crippen molar-refractivity contribution in [2.24, 2.45) is 4.99 Å². The van der Waals surface area contributed by atoms with Crippen molar-refractivity contribution in [3.05, 3.63) is 94.2 Å². The van der Waals surface area contributed by atoms with Gasteiger partial charge < -0.3 is 9.47 Å². The van der Waals surface area contributed by atoms with Gasteiger partial charge in [-0.1, -0.05) is 36.1 Å². The van der Waals surface area contributed by atoms with Crippen molar-refractivity contribution in [3.63, 3.8) is 0 Å². The smallest absolute Gasteiger partial charge is 0.338 e. The third-order valence-electron chi connectivity index (χ3n) is 4.94. The summed E-state index contributed by atoms with van der Waals surface area (Å²) >= 11 is 6.30. The van der Waals surface area contributed by atoms with E-state index >= 15 is 0 Å². The van der Waals surface area contributed by atoms with Crippen LogP contribution in [-0.4, -0.2) is 23.8 Å². The molecule has 33 heavy (non-hydrogen) atoms. The molecule has 9 heteroatoms. The summed E-state index contributed by atoms with van der Waals surface area (Å²) in [4.78, 5) is 32.3. The lowest BCUT2D eigenvalue weighted by Crippen LogP contribution is -2.39. The summed E-state index contributed by atoms with van der Waals surface area (Å²) in [5, 5.41) is 1.93. The minimum absolute atomic E-state index is 0.199. The Morgan fingerprint density at radius 2 is 2.18 bits per heavy atom. The molecule has 0 unspecified atom stereocenters. The Kier molecular flexibility index (Phi) is 7.11. The Hall–Kier alpha value is -2.75. The molecule has 170 valence electrons. The van der Waals surface area contributed by atoms with E-state index in [4.69, 9.17) is 9.47 Å². The highest BCUT2D eigenvalue weighted by molar-refractivity contribution is 9.10. The average Bonchev–Trinajstić information content (AvgIpc) is 3.41. The molecule has 1 aromatic carbocycles. The molecular formula is C24H21BrN2O4S2. The van der Waals surface area contributed by atoms with Gasteiger partial charge in [0, 0.05) is 4.88 Å². The van der Waals surface area contributed by atoms with Gasteiger partial charge in [-0.15, -0.1) is 11.3 Å². The van der Waals surface area contributed by atoms with E-state index in [0.717, 1.165) is 14.9 Å². The maximum atomic E-state index is 13.5. The van der Waals surface area contributed by atoms with Crippen LogP contribution in [0.4, 0.5) is 0 Å². The highest BCUT2D eigenvalue weighted by atomic mass is 79.9. The van der Waals surface area contributed by atoms with Gasteiger partial charge in [0.15, 0.2) is 4.80 Å². The molecular weight excluding hydrogens is 524 g/mol. The molecule has 0 radical (unpaired) electrons. The third-order valence-corrected chi connectivity index (χ3v) is 7.47. The van der Waals surface area contributed by atoms with E-state index in [1.807, 2.05) is 41.8 Å². The van der Waals surface area contributed by atoms with Crippen LogP contribution < -0.4 is 19.6 Å². The fourth-order valence-corrected chi connectivity index (χ4v) is 5.91. The summed E-state index contributed by atoms with van der Waals surface area (Å²) in [5.74, 6) is 0.242. The summed E-state index contributed by atoms with van der Waals surface area (Å²) in [7, 11) is 0. The van der Waals surface area contributed by atoms with Gasteiger partial charge in [0.05, 0.1) is 26.9 Å². The fraction of sp³-hybridized carbons (Fsp3) is 0.208. The molecule has 1 atom stereocenters. The number of thiophene rings is 1. The van der Waals surface area contributed by atoms with Crippen molar-refractivity contribution < 1.29 is 14.3 Å². The van der Waals surface area contributed by atoms with Crippen LogP contribution in [0, 0.1) is 0 Å². The van der Waals surface area contributed by atoms with E-state index in [-0.39, 0.29) is 12.2 Å². The van der Waals surface area contributed by atoms with Gasteiger partial charge in [0.1, 0.15) is 18.4 Å². The molecule has 0 bridgehead atoms. The zero-order chi connectivity index (χ0) is 23.5. The Balaban J connectivity index is 1.84. The first-order chi connectivity index (χ1) is 15.9. The molecule has 0 aliphatic carbocycles. The molecule has 3 heterocycles. The number of benzene rings is 1. The zero-order valence-electron chi connectivity index (χ0n) is 18.0. The molecule has 1 aliphatic rings. The lowest BCUT2D eigenvalue weighted by Gasteiger charge is -2.23. The first-order valence-electron chi connectivity index (χ1n) is 10.2. The third kappa shape index (κ3) is 4.66. The SMILES string of the molecule is C=CCOc1ccc(/C=c2/sc3n(c2=O)[C@H](c2cccs2)C(C(=O)OCC)=C(C)N=3)cc1Br. The van der Waals surface area contributed by atoms with Gasteiger partial charge in [-0.25, -0.2) is 9.79 Å². The molecule has 2 aromatic heterocycles. The summed E-state index contributed by atoms with van der Waals surface area (Å²) in [6, 6.07) is 8.87. The number of thiazole rings is 1. The zero-order valence-corrected chi connectivity index (χ0v) is 21.3. The topological polar surface area (TPSA) is 69.9 Å². The van der Waals surface area contributed by atoms with Crippen molar-refractivity contribution >= 4 is 50.6 Å². The molecule has 0 saturated heterocycles. The molecule has 6 nitrogen and oxygen atoms in total. The number of nitrogens with zero attached hydrogens (tertiary/aromatic N) is 2. The van der Waals surface area contributed by atoms with Crippen LogP contribution in [0.1, 0.15) is 30.3 Å². The Labute approximate surface area is 207 Å². The van der Waals surface area contributed by atoms with Crippen molar-refractivity contribution in [3.8, 4) is 5.75 Å². The first-order valence-corrected chi connectivity index (χ1v) is 12.7. The van der Waals surface area contributed by atoms with Crippen molar-refractivity contribution in [1.29, 1.82) is 0 Å². The van der Waals surface area contributed by atoms with E-state index in [9.17, 15) is 9.59 Å². The van der Waals surface area contributed by atoms with Crippen molar-refractivity contribution in [2.45, 2.75) is 19.9 Å². The first kappa shape index (κ1) is 23.4. The molecule has 0 amide bonds. The molecule has 3 aromatic rings. The number of hydrogen-bond acceptors (Lipinski definition) is 7. The average molecular weight is 545 g/mol. The number of aromatic nitrogens is 1. The summed E-state index contributed by atoms with van der Waals surface area (Å²) < 4.78 is 13.8. The number of halogens is 1. The molecule has 0 fully saturated rings. The van der Waals surface area contributed by atoms with Crippen LogP contribution in [0.2, 0.25) is 0 Å². The van der Waals surface area contributed by atoms with Gasteiger partial charge in [-0.05, 0) is 65.0 Å². The number of allylic oxidation sites excluding steroid dienone is 1. The van der Waals surface area contributed by atoms with Crippen LogP contribution in [0.5, 0.6) is 5.75 Å². The van der Waals surface area contributed by atoms with E-state index in [1.165, 1.54) is 22.7 Å². The minimum Gasteiger partial charge on any atom is -0.488 e. The fourth-order valence-electron chi connectivity index (χ4n) is 3.53. The number of carbonyl (C=O) groups is 1. The van der Waals surface area contributed by atoms with Gasteiger partial charge in [0.25, 0.3) is 5.56 Å². The van der Waals surface area contributed by atoms with Crippen molar-refractivity contribution in [1.82, 2.24) is 4.57 Å². The van der Waals surface area contributed by atoms with Crippen LogP contribution in [0.3, 0.4) is 0 Å². The Morgan fingerprint density at radius 1 is 1.36 bits per heavy atom. The molecule has 4 rings (SSSR count). The van der Waals surface area contributed by atoms with Gasteiger partial charge >= 0.3 is 5.97 Å². The standard InChI is InChI=1S/C24H21BrN2O4S2/c1-4-10-31-17-9-8-15(12-16(17)25)13-19-22(28)27-21(18-7-6-11-32-18)20(23(29)30-5-2)14(3)26-24(27)33-19/h4,6-9,11-13,21H,1,5,10H2,2-3H3/b19-13+/t21-/m1/s1. The van der Waals surface area contributed by atoms with E-state index in [1.54, 1.807) is 24.5 Å². The highest BCUT2D eigenvalue weighted by Crippen LogP contribution is 2.33. The monoisotopic (exact) mass is 544 g/mol. The highest BCUT2D eigenvalue weighted by Gasteiger charge is 2.33. The number of rotatable bonds is 7. The van der Waals surface area contributed by atoms with Gasteiger partial charge in [-0.2, -0.15) is 0 Å². The van der Waals surface area contributed by atoms with E-state index in [0.29, 0.717) is 33.0 Å². The lowest BCUT2D eigenvalue weighted by molar-refractivity contribution is -0.139. The van der Waals surface area contributed by atoms with Crippen LogP contribution >= 0.6 is 38.6 Å². The molecule has 0 N–H and O–H groups in total. The number of carbonyl (C=O) groups excluding carboxylic acids is 1. The van der Waals surface area contributed by atoms with E-state index in [2.05, 4.69) is 27.5 Å². The van der Waals surface area contributed by atoms with Gasteiger partial charge in [0.2, 0.25) is 0 Å². The molecule has 0 spiro atoms. The number of hydrogen-bond donors (Lipinski definition) is 0.